The summed E-state index contributed by atoms with van der Waals surface area (Å²) in [6.45, 7) is 0.312. The minimum atomic E-state index is -3.65. The number of aryl methyl sites for hydroxylation is 1. The molecule has 0 unspecified atom stereocenters. The summed E-state index contributed by atoms with van der Waals surface area (Å²) in [4.78, 5) is 0.217. The van der Waals surface area contributed by atoms with E-state index in [0.29, 0.717) is 12.2 Å². The van der Waals surface area contributed by atoms with Crippen LogP contribution in [-0.2, 0) is 23.6 Å². The minimum absolute atomic E-state index is 0.217. The van der Waals surface area contributed by atoms with Crippen molar-refractivity contribution in [1.29, 1.82) is 0 Å². The normalized spacial score (nSPS) is 11.8. The summed E-state index contributed by atoms with van der Waals surface area (Å²) in [6.07, 6.45) is 1.55. The lowest BCUT2D eigenvalue weighted by Gasteiger charge is -2.17. The van der Waals surface area contributed by atoms with Crippen LogP contribution in [0.5, 0.6) is 0 Å². The highest BCUT2D eigenvalue weighted by atomic mass is 32.2. The van der Waals surface area contributed by atoms with Crippen molar-refractivity contribution in [1.82, 2.24) is 14.1 Å². The lowest BCUT2D eigenvalue weighted by molar-refractivity contribution is 0.467. The van der Waals surface area contributed by atoms with Gasteiger partial charge < -0.3 is 0 Å². The van der Waals surface area contributed by atoms with Gasteiger partial charge in [0.2, 0.25) is 10.0 Å². The summed E-state index contributed by atoms with van der Waals surface area (Å²) >= 11 is 0. The largest absolute Gasteiger partial charge is 0.274 e. The van der Waals surface area contributed by atoms with E-state index in [-0.39, 0.29) is 4.90 Å². The van der Waals surface area contributed by atoms with Gasteiger partial charge in [0.05, 0.1) is 0 Å². The Hall–Kier alpha value is -2.44. The molecule has 2 aromatic carbocycles. The number of hydrogen-bond donors (Lipinski definition) is 0. The lowest BCUT2D eigenvalue weighted by Crippen LogP contribution is -2.26. The van der Waals surface area contributed by atoms with Gasteiger partial charge in [-0.05, 0) is 5.56 Å². The van der Waals surface area contributed by atoms with E-state index < -0.39 is 10.0 Å². The molecule has 0 saturated carbocycles. The molecule has 1 heterocycles. The molecule has 1 aromatic heterocycles. The highest BCUT2D eigenvalue weighted by Gasteiger charge is 2.27. The Morgan fingerprint density at radius 3 is 2.21 bits per heavy atom. The van der Waals surface area contributed by atoms with E-state index in [0.717, 1.165) is 11.1 Å². The van der Waals surface area contributed by atoms with Crippen LogP contribution in [-0.4, -0.2) is 29.6 Å². The van der Waals surface area contributed by atoms with Crippen LogP contribution in [0.3, 0.4) is 0 Å². The van der Waals surface area contributed by atoms with Crippen LogP contribution < -0.4 is 0 Å². The average molecular weight is 341 g/mol. The SMILES string of the molecule is CN(Cc1ccccc1)S(=O)(=O)c1cn(C)nc1-c1ccccc1. The summed E-state index contributed by atoms with van der Waals surface area (Å²) in [6, 6.07) is 18.9. The first-order valence-electron chi connectivity index (χ1n) is 7.58. The number of nitrogens with zero attached hydrogens (tertiary/aromatic N) is 3. The van der Waals surface area contributed by atoms with Crippen LogP contribution in [0.4, 0.5) is 0 Å². The summed E-state index contributed by atoms with van der Waals surface area (Å²) in [7, 11) is -0.333. The quantitative estimate of drug-likeness (QED) is 0.717. The maximum absolute atomic E-state index is 13.0. The van der Waals surface area contributed by atoms with Gasteiger partial charge in [-0.3, -0.25) is 4.68 Å². The monoisotopic (exact) mass is 341 g/mol. The van der Waals surface area contributed by atoms with Gasteiger partial charge in [0, 0.05) is 32.4 Å². The zero-order valence-corrected chi connectivity index (χ0v) is 14.4. The fourth-order valence-corrected chi connectivity index (χ4v) is 3.89. The molecule has 5 nitrogen and oxygen atoms in total. The van der Waals surface area contributed by atoms with Crippen molar-refractivity contribution in [3.63, 3.8) is 0 Å². The Labute approximate surface area is 142 Å². The fourth-order valence-electron chi connectivity index (χ4n) is 2.54. The Kier molecular flexibility index (Phi) is 4.51. The highest BCUT2D eigenvalue weighted by molar-refractivity contribution is 7.89. The average Bonchev–Trinajstić information content (AvgIpc) is 2.99. The molecule has 0 spiro atoms. The predicted molar refractivity (Wildman–Crippen MR) is 93.7 cm³/mol. The molecular formula is C18H19N3O2S. The smallest absolute Gasteiger partial charge is 0.246 e. The number of rotatable bonds is 5. The molecule has 0 amide bonds. The molecule has 0 N–H and O–H groups in total. The molecule has 6 heteroatoms. The zero-order chi connectivity index (χ0) is 17.2. The van der Waals surface area contributed by atoms with Crippen LogP contribution in [0.15, 0.2) is 71.8 Å². The van der Waals surface area contributed by atoms with Crippen LogP contribution in [0.25, 0.3) is 11.3 Å². The lowest BCUT2D eigenvalue weighted by atomic mass is 10.2. The molecule has 0 bridgehead atoms. The van der Waals surface area contributed by atoms with Gasteiger partial charge in [-0.25, -0.2) is 8.42 Å². The van der Waals surface area contributed by atoms with Gasteiger partial charge in [0.25, 0.3) is 0 Å². The van der Waals surface area contributed by atoms with Crippen molar-refractivity contribution in [2.24, 2.45) is 7.05 Å². The molecule has 24 heavy (non-hydrogen) atoms. The Morgan fingerprint density at radius 1 is 1.00 bits per heavy atom. The molecule has 0 aliphatic rings. The van der Waals surface area contributed by atoms with Gasteiger partial charge in [-0.1, -0.05) is 60.7 Å². The summed E-state index contributed by atoms with van der Waals surface area (Å²) in [5.74, 6) is 0. The molecule has 0 saturated heterocycles. The molecule has 0 fully saturated rings. The predicted octanol–water partition coefficient (Wildman–Crippen LogP) is 2.91. The Morgan fingerprint density at radius 2 is 1.58 bits per heavy atom. The van der Waals surface area contributed by atoms with Crippen molar-refractivity contribution >= 4 is 10.0 Å². The van der Waals surface area contributed by atoms with E-state index in [1.807, 2.05) is 60.7 Å². The molecule has 0 aliphatic carbocycles. The number of aromatic nitrogens is 2. The van der Waals surface area contributed by atoms with Gasteiger partial charge in [0.15, 0.2) is 0 Å². The number of sulfonamides is 1. The Balaban J connectivity index is 1.98. The zero-order valence-electron chi connectivity index (χ0n) is 13.6. The van der Waals surface area contributed by atoms with Crippen molar-refractivity contribution < 1.29 is 8.42 Å². The third kappa shape index (κ3) is 3.25. The molecule has 0 aliphatic heterocycles. The van der Waals surface area contributed by atoms with Crippen molar-refractivity contribution in [2.45, 2.75) is 11.4 Å². The highest BCUT2D eigenvalue weighted by Crippen LogP contribution is 2.28. The minimum Gasteiger partial charge on any atom is -0.274 e. The fraction of sp³-hybridized carbons (Fsp3) is 0.167. The molecule has 3 rings (SSSR count). The first kappa shape index (κ1) is 16.4. The molecule has 0 atom stereocenters. The van der Waals surface area contributed by atoms with Crippen LogP contribution >= 0.6 is 0 Å². The van der Waals surface area contributed by atoms with Crippen molar-refractivity contribution in [3.05, 3.63) is 72.4 Å². The van der Waals surface area contributed by atoms with Crippen LogP contribution in [0.2, 0.25) is 0 Å². The second kappa shape index (κ2) is 6.59. The third-order valence-corrected chi connectivity index (χ3v) is 5.58. The van der Waals surface area contributed by atoms with E-state index in [1.54, 1.807) is 20.3 Å². The second-order valence-electron chi connectivity index (χ2n) is 5.63. The first-order chi connectivity index (χ1) is 11.5. The molecular weight excluding hydrogens is 322 g/mol. The maximum atomic E-state index is 13.0. The van der Waals surface area contributed by atoms with Crippen molar-refractivity contribution in [2.75, 3.05) is 7.05 Å². The van der Waals surface area contributed by atoms with Gasteiger partial charge >= 0.3 is 0 Å². The van der Waals surface area contributed by atoms with Crippen LogP contribution in [0, 0.1) is 0 Å². The van der Waals surface area contributed by atoms with E-state index >= 15 is 0 Å². The third-order valence-electron chi connectivity index (χ3n) is 3.78. The number of hydrogen-bond acceptors (Lipinski definition) is 3. The van der Waals surface area contributed by atoms with Gasteiger partial charge in [0.1, 0.15) is 10.6 Å². The van der Waals surface area contributed by atoms with E-state index in [4.69, 9.17) is 0 Å². The van der Waals surface area contributed by atoms with E-state index in [9.17, 15) is 8.42 Å². The van der Waals surface area contributed by atoms with Gasteiger partial charge in [-0.2, -0.15) is 9.40 Å². The maximum Gasteiger partial charge on any atom is 0.246 e. The number of benzene rings is 2. The second-order valence-corrected chi connectivity index (χ2v) is 7.64. The molecule has 3 aromatic rings. The topological polar surface area (TPSA) is 55.2 Å². The van der Waals surface area contributed by atoms with Crippen LogP contribution in [0.1, 0.15) is 5.56 Å². The van der Waals surface area contributed by atoms with Crippen molar-refractivity contribution in [3.8, 4) is 11.3 Å². The summed E-state index contributed by atoms with van der Waals surface area (Å²) < 4.78 is 28.9. The van der Waals surface area contributed by atoms with E-state index in [2.05, 4.69) is 5.10 Å². The summed E-state index contributed by atoms with van der Waals surface area (Å²) in [5.41, 5.74) is 2.19. The molecule has 0 radical (unpaired) electrons. The van der Waals surface area contributed by atoms with E-state index in [1.165, 1.54) is 8.99 Å². The first-order valence-corrected chi connectivity index (χ1v) is 9.02. The molecule has 124 valence electrons. The summed E-state index contributed by atoms with van der Waals surface area (Å²) in [5, 5.41) is 4.35. The van der Waals surface area contributed by atoms with Gasteiger partial charge in [-0.15, -0.1) is 0 Å². The Bertz CT molecular complexity index is 919. The standard InChI is InChI=1S/C18H19N3O2S/c1-20-14-17(18(19-20)16-11-7-4-8-12-16)24(22,23)21(2)13-15-9-5-3-6-10-15/h3-12,14H,13H2,1-2H3.